The van der Waals surface area contributed by atoms with Crippen LogP contribution in [0.5, 0.6) is 0 Å². The van der Waals surface area contributed by atoms with Gasteiger partial charge in [0.2, 0.25) is 6.29 Å². The van der Waals surface area contributed by atoms with E-state index in [0.717, 1.165) is 44.9 Å². The van der Waals surface area contributed by atoms with Gasteiger partial charge >= 0.3 is 5.97 Å². The largest absolute Gasteiger partial charge is 0.432 e. The first-order valence-electron chi connectivity index (χ1n) is 27.1. The van der Waals surface area contributed by atoms with Gasteiger partial charge in [0.05, 0.1) is 37.4 Å². The number of esters is 1. The Kier molecular flexibility index (Phi) is 15.8. The number of carbonyl (C=O) groups is 1. The molecule has 4 saturated carbocycles. The topological polar surface area (TPSA) is 334 Å². The summed E-state index contributed by atoms with van der Waals surface area (Å²) in [5.74, 6) is -0.274. The highest BCUT2D eigenvalue weighted by Crippen LogP contribution is 2.76. The number of allylic oxidation sites excluding steroid dienone is 2. The molecule has 0 spiro atoms. The molecule has 9 rings (SSSR count). The highest BCUT2D eigenvalue weighted by molar-refractivity contribution is 5.79. The molecule has 0 aromatic carbocycles. The summed E-state index contributed by atoms with van der Waals surface area (Å²) >= 11 is 0. The molecule has 0 bridgehead atoms. The Hall–Kier alpha value is -1.55. The fourth-order valence-electron chi connectivity index (χ4n) is 16.1. The second-order valence-electron chi connectivity index (χ2n) is 25.8. The third kappa shape index (κ3) is 9.17. The first-order valence-corrected chi connectivity index (χ1v) is 27.1. The highest BCUT2D eigenvalue weighted by atomic mass is 16.8. The monoisotopic (exact) mass is 1060 g/mol. The molecule has 0 aromatic rings. The molecule has 0 amide bonds. The summed E-state index contributed by atoms with van der Waals surface area (Å²) in [7, 11) is 0. The molecule has 0 aromatic heterocycles. The first-order chi connectivity index (χ1) is 34.6. The van der Waals surface area contributed by atoms with Crippen LogP contribution in [0.2, 0.25) is 0 Å². The van der Waals surface area contributed by atoms with Crippen molar-refractivity contribution in [2.24, 2.45) is 50.2 Å². The van der Waals surface area contributed by atoms with Crippen LogP contribution < -0.4 is 0 Å². The van der Waals surface area contributed by atoms with Crippen LogP contribution in [0.3, 0.4) is 0 Å². The average Bonchev–Trinajstić information content (AvgIpc) is 3.35. The van der Waals surface area contributed by atoms with Crippen molar-refractivity contribution < 1.29 is 104 Å². The highest BCUT2D eigenvalue weighted by Gasteiger charge is 2.70. The molecular formula is C53H86O21. The van der Waals surface area contributed by atoms with Crippen molar-refractivity contribution in [2.75, 3.05) is 19.8 Å². The lowest BCUT2D eigenvalue weighted by Crippen LogP contribution is -2.66. The summed E-state index contributed by atoms with van der Waals surface area (Å²) in [5, 5.41) is 127. The fourth-order valence-corrected chi connectivity index (χ4v) is 16.1. The van der Waals surface area contributed by atoms with Gasteiger partial charge in [-0.15, -0.1) is 0 Å². The van der Waals surface area contributed by atoms with Crippen LogP contribution in [0.25, 0.3) is 0 Å². The number of hydrogen-bond acceptors (Lipinski definition) is 21. The second-order valence-corrected chi connectivity index (χ2v) is 25.8. The van der Waals surface area contributed by atoms with Crippen molar-refractivity contribution in [1.82, 2.24) is 0 Å². The number of fused-ring (bicyclic) bond motifs is 7. The maximum atomic E-state index is 14.8. The summed E-state index contributed by atoms with van der Waals surface area (Å²) in [6.45, 7) is 15.9. The predicted octanol–water partition coefficient (Wildman–Crippen LogP) is -0.369. The molecular weight excluding hydrogens is 973 g/mol. The minimum atomic E-state index is -1.78. The van der Waals surface area contributed by atoms with Gasteiger partial charge in [-0.1, -0.05) is 60.1 Å². The van der Waals surface area contributed by atoms with Crippen LogP contribution in [0.1, 0.15) is 120 Å². The van der Waals surface area contributed by atoms with E-state index in [9.17, 15) is 66.1 Å². The average molecular weight is 1060 g/mol. The lowest BCUT2D eigenvalue weighted by Gasteiger charge is -2.71. The van der Waals surface area contributed by atoms with Crippen LogP contribution in [0, 0.1) is 50.2 Å². The second kappa shape index (κ2) is 20.5. The predicted molar refractivity (Wildman–Crippen MR) is 255 cm³/mol. The summed E-state index contributed by atoms with van der Waals surface area (Å²) in [6, 6.07) is 0. The van der Waals surface area contributed by atoms with Gasteiger partial charge in [0.1, 0.15) is 85.5 Å². The standard InChI is InChI=1S/C53H86O21/c1-23-32(56)36(60)39(63)43(68-23)73-42-35(59)28(71-44-40(64)37(61)33(57)26(20-54)69-44)22-67-46(42)72-31-12-13-50(6)29(49(31,4)5)11-14-52(8)30(50)10-9-24-25-19-48(2,3)15-17-53(25,18-16-51(24,52)7)47(66)74-45-41(65)38(62)34(58)27(21-55)70-45/h9,23,25-46,54-65H,10-22H2,1-8H3/t23-,25+,26-,27+,28-,29-,30+,31+,32-,33-,34+,35-,36+,37+,38+,39-,40-,41+,42+,43+,44-,45+,46+,50+,51-,52-,53-/m0/s1. The number of aliphatic hydroxyl groups is 12. The Bertz CT molecular complexity index is 2040. The van der Waals surface area contributed by atoms with Crippen molar-refractivity contribution >= 4 is 5.97 Å². The van der Waals surface area contributed by atoms with Gasteiger partial charge in [0, 0.05) is 0 Å². The van der Waals surface area contributed by atoms with Gasteiger partial charge in [0.15, 0.2) is 18.9 Å². The maximum Gasteiger partial charge on any atom is 0.315 e. The van der Waals surface area contributed by atoms with Crippen molar-refractivity contribution in [2.45, 2.75) is 242 Å². The molecule has 21 nitrogen and oxygen atoms in total. The molecule has 27 atom stereocenters. The molecule has 74 heavy (non-hydrogen) atoms. The molecule has 9 aliphatic rings. The zero-order valence-corrected chi connectivity index (χ0v) is 44.1. The van der Waals surface area contributed by atoms with Gasteiger partial charge in [-0.05, 0) is 116 Å². The molecule has 424 valence electrons. The zero-order chi connectivity index (χ0) is 54.0. The van der Waals surface area contributed by atoms with Gasteiger partial charge in [0.25, 0.3) is 0 Å². The van der Waals surface area contributed by atoms with Crippen molar-refractivity contribution in [3.63, 3.8) is 0 Å². The van der Waals surface area contributed by atoms with Crippen molar-refractivity contribution in [3.05, 3.63) is 11.6 Å². The third-order valence-corrected chi connectivity index (χ3v) is 21.0. The Morgan fingerprint density at radius 1 is 0.608 bits per heavy atom. The molecule has 5 aliphatic carbocycles. The van der Waals surface area contributed by atoms with Crippen molar-refractivity contribution in [1.29, 1.82) is 0 Å². The van der Waals surface area contributed by atoms with E-state index >= 15 is 0 Å². The van der Waals surface area contributed by atoms with Crippen LogP contribution in [0.4, 0.5) is 0 Å². The Morgan fingerprint density at radius 2 is 1.19 bits per heavy atom. The fraction of sp³-hybridized carbons (Fsp3) is 0.943. The van der Waals surface area contributed by atoms with E-state index in [4.69, 9.17) is 37.9 Å². The van der Waals surface area contributed by atoms with E-state index in [1.54, 1.807) is 0 Å². The minimum absolute atomic E-state index is 0.0771. The molecule has 4 saturated heterocycles. The SMILES string of the molecule is C[C@@H]1O[C@H](O[C@H]2[C@@H](O[C@@H]3CC[C@@]4(C)[C@H]5CC=C6[C@H]7CC(C)(C)CC[C@]7(C(=O)O[C@H]7O[C@H](CO)[C@@H](O)[C@@H](O)[C@H]7O)CC[C@]6(C)[C@@]5(C)CC[C@H]4C3(C)C)OC[C@H](O[C@@H]3O[C@@H](CO)[C@H](O)[C@@H](O)[C@@H]3O)[C@@H]2O)[C@@H](O)[C@H](O)[C@H]1O. The first kappa shape index (κ1) is 57.1. The molecule has 12 N–H and O–H groups in total. The summed E-state index contributed by atoms with van der Waals surface area (Å²) in [4.78, 5) is 14.8. The maximum absolute atomic E-state index is 14.8. The van der Waals surface area contributed by atoms with Crippen LogP contribution in [-0.2, 0) is 42.7 Å². The molecule has 4 heterocycles. The van der Waals surface area contributed by atoms with Crippen LogP contribution in [-0.4, -0.2) is 210 Å². The van der Waals surface area contributed by atoms with E-state index in [1.807, 2.05) is 0 Å². The third-order valence-electron chi connectivity index (χ3n) is 21.0. The van der Waals surface area contributed by atoms with Gasteiger partial charge in [-0.25, -0.2) is 0 Å². The zero-order valence-electron chi connectivity index (χ0n) is 44.1. The molecule has 8 fully saturated rings. The lowest BCUT2D eigenvalue weighted by atomic mass is 9.33. The van der Waals surface area contributed by atoms with E-state index < -0.39 is 153 Å². The Balaban J connectivity index is 0.953. The van der Waals surface area contributed by atoms with Gasteiger partial charge in [-0.2, -0.15) is 0 Å². The summed E-state index contributed by atoms with van der Waals surface area (Å²) in [6.07, 6.45) is -19.6. The molecule has 0 radical (unpaired) electrons. The van der Waals surface area contributed by atoms with E-state index in [2.05, 4.69) is 54.5 Å². The Morgan fingerprint density at radius 3 is 1.82 bits per heavy atom. The number of carbonyl (C=O) groups excluding carboxylic acids is 1. The van der Waals surface area contributed by atoms with E-state index in [1.165, 1.54) is 12.5 Å². The Labute approximate surface area is 433 Å². The molecule has 0 unspecified atom stereocenters. The lowest BCUT2D eigenvalue weighted by molar-refractivity contribution is -0.380. The molecule has 21 heteroatoms. The summed E-state index contributed by atoms with van der Waals surface area (Å²) in [5.41, 5.74) is -0.843. The van der Waals surface area contributed by atoms with Crippen LogP contribution >= 0.6 is 0 Å². The van der Waals surface area contributed by atoms with E-state index in [0.29, 0.717) is 19.3 Å². The summed E-state index contributed by atoms with van der Waals surface area (Å²) < 4.78 is 48.6. The number of aliphatic hydroxyl groups excluding tert-OH is 12. The van der Waals surface area contributed by atoms with Gasteiger partial charge < -0.3 is 99.2 Å². The van der Waals surface area contributed by atoms with Crippen LogP contribution in [0.15, 0.2) is 11.6 Å². The quantitative estimate of drug-likeness (QED) is 0.0755. The van der Waals surface area contributed by atoms with E-state index in [-0.39, 0.29) is 46.0 Å². The minimum Gasteiger partial charge on any atom is -0.432 e. The number of rotatable bonds is 10. The number of ether oxygens (including phenoxy) is 8. The number of hydrogen-bond donors (Lipinski definition) is 12. The van der Waals surface area contributed by atoms with Crippen molar-refractivity contribution in [3.8, 4) is 0 Å². The molecule has 4 aliphatic heterocycles. The normalized spacial score (nSPS) is 54.1. The van der Waals surface area contributed by atoms with Gasteiger partial charge in [-0.3, -0.25) is 4.79 Å². The smallest absolute Gasteiger partial charge is 0.315 e.